The molecule has 8 nitrogen and oxygen atoms in total. The standard InChI is InChI=1S/C8H9N3O5S/c1-3-6(17-11-10-3)7(14)9-4(8(15)16)2-5(12)13/h4H,2H2,1H3,(H,9,14)(H,12,13)(H,15,16). The quantitative estimate of drug-likeness (QED) is 0.650. The molecule has 1 rings (SSSR count). The van der Waals surface area contributed by atoms with E-state index in [-0.39, 0.29) is 4.88 Å². The zero-order valence-corrected chi connectivity index (χ0v) is 9.52. The number of aryl methyl sites for hydroxylation is 1. The average molecular weight is 259 g/mol. The molecule has 1 amide bonds. The van der Waals surface area contributed by atoms with Crippen LogP contribution in [0.1, 0.15) is 21.8 Å². The van der Waals surface area contributed by atoms with Gasteiger partial charge < -0.3 is 15.5 Å². The summed E-state index contributed by atoms with van der Waals surface area (Å²) < 4.78 is 3.52. The first kappa shape index (κ1) is 13.0. The molecule has 9 heteroatoms. The molecule has 0 spiro atoms. The molecule has 3 N–H and O–H groups in total. The number of carboxylic acid groups (broad SMARTS) is 2. The van der Waals surface area contributed by atoms with E-state index in [1.165, 1.54) is 0 Å². The van der Waals surface area contributed by atoms with Gasteiger partial charge in [0.1, 0.15) is 10.9 Å². The Morgan fingerprint density at radius 1 is 1.41 bits per heavy atom. The van der Waals surface area contributed by atoms with Crippen molar-refractivity contribution in [3.05, 3.63) is 10.6 Å². The number of hydrogen-bond acceptors (Lipinski definition) is 6. The van der Waals surface area contributed by atoms with Crippen LogP contribution in [0.4, 0.5) is 0 Å². The van der Waals surface area contributed by atoms with Gasteiger partial charge in [-0.1, -0.05) is 4.49 Å². The molecule has 0 radical (unpaired) electrons. The van der Waals surface area contributed by atoms with E-state index in [1.54, 1.807) is 6.92 Å². The van der Waals surface area contributed by atoms with Crippen LogP contribution in [0.2, 0.25) is 0 Å². The zero-order chi connectivity index (χ0) is 13.0. The Morgan fingerprint density at radius 3 is 2.47 bits per heavy atom. The van der Waals surface area contributed by atoms with E-state index in [2.05, 4.69) is 14.9 Å². The number of carbonyl (C=O) groups is 3. The minimum Gasteiger partial charge on any atom is -0.481 e. The summed E-state index contributed by atoms with van der Waals surface area (Å²) in [7, 11) is 0. The van der Waals surface area contributed by atoms with Crippen molar-refractivity contribution >= 4 is 29.4 Å². The molecular formula is C8H9N3O5S. The first-order valence-electron chi connectivity index (χ1n) is 4.46. The Bertz CT molecular complexity index is 458. The van der Waals surface area contributed by atoms with Gasteiger partial charge in [-0.05, 0) is 18.5 Å². The molecule has 0 fully saturated rings. The summed E-state index contributed by atoms with van der Waals surface area (Å²) in [4.78, 5) is 32.9. The number of rotatable bonds is 5. The second kappa shape index (κ2) is 5.34. The molecule has 0 saturated carbocycles. The monoisotopic (exact) mass is 259 g/mol. The van der Waals surface area contributed by atoms with Gasteiger partial charge in [0, 0.05) is 0 Å². The van der Waals surface area contributed by atoms with Crippen LogP contribution in [0.15, 0.2) is 0 Å². The first-order chi connectivity index (χ1) is 7.91. The molecule has 0 saturated heterocycles. The lowest BCUT2D eigenvalue weighted by atomic mass is 10.2. The zero-order valence-electron chi connectivity index (χ0n) is 8.71. The van der Waals surface area contributed by atoms with Gasteiger partial charge in [-0.3, -0.25) is 9.59 Å². The van der Waals surface area contributed by atoms with Crippen LogP contribution >= 0.6 is 11.5 Å². The highest BCUT2D eigenvalue weighted by Crippen LogP contribution is 2.09. The molecule has 92 valence electrons. The van der Waals surface area contributed by atoms with Gasteiger partial charge in [0.05, 0.1) is 12.1 Å². The van der Waals surface area contributed by atoms with Gasteiger partial charge in [-0.2, -0.15) is 0 Å². The smallest absolute Gasteiger partial charge is 0.326 e. The summed E-state index contributed by atoms with van der Waals surface area (Å²) in [6, 6.07) is -1.47. The van der Waals surface area contributed by atoms with Crippen molar-refractivity contribution in [1.29, 1.82) is 0 Å². The normalized spacial score (nSPS) is 11.8. The van der Waals surface area contributed by atoms with Gasteiger partial charge in [0.2, 0.25) is 0 Å². The molecule has 17 heavy (non-hydrogen) atoms. The lowest BCUT2D eigenvalue weighted by Crippen LogP contribution is -2.42. The molecule has 1 aromatic rings. The van der Waals surface area contributed by atoms with Crippen molar-refractivity contribution in [2.24, 2.45) is 0 Å². The van der Waals surface area contributed by atoms with Crippen LogP contribution in [0.5, 0.6) is 0 Å². The summed E-state index contributed by atoms with van der Waals surface area (Å²) >= 11 is 0.817. The van der Waals surface area contributed by atoms with Gasteiger partial charge in [0.25, 0.3) is 5.91 Å². The number of carboxylic acids is 2. The van der Waals surface area contributed by atoms with E-state index >= 15 is 0 Å². The average Bonchev–Trinajstić information content (AvgIpc) is 2.62. The Balaban J connectivity index is 2.74. The molecule has 1 aromatic heterocycles. The number of aliphatic carboxylic acids is 2. The molecule has 0 bridgehead atoms. The number of carbonyl (C=O) groups excluding carboxylic acids is 1. The number of nitrogens with zero attached hydrogens (tertiary/aromatic N) is 2. The van der Waals surface area contributed by atoms with Crippen molar-refractivity contribution < 1.29 is 24.6 Å². The maximum atomic E-state index is 11.6. The third-order valence-electron chi connectivity index (χ3n) is 1.84. The summed E-state index contributed by atoms with van der Waals surface area (Å²) in [6.45, 7) is 1.55. The number of hydrogen-bond donors (Lipinski definition) is 3. The Hall–Kier alpha value is -2.03. The number of nitrogens with one attached hydrogen (secondary N) is 1. The van der Waals surface area contributed by atoms with Crippen molar-refractivity contribution in [2.45, 2.75) is 19.4 Å². The van der Waals surface area contributed by atoms with Crippen LogP contribution in [0.25, 0.3) is 0 Å². The number of aromatic nitrogens is 2. The molecule has 1 heterocycles. The molecule has 0 aliphatic carbocycles. The van der Waals surface area contributed by atoms with Crippen LogP contribution in [0, 0.1) is 6.92 Å². The maximum absolute atomic E-state index is 11.6. The third kappa shape index (κ3) is 3.48. The van der Waals surface area contributed by atoms with E-state index < -0.39 is 30.3 Å². The molecule has 0 aliphatic rings. The van der Waals surface area contributed by atoms with Crippen LogP contribution in [0.3, 0.4) is 0 Å². The fraction of sp³-hybridized carbons (Fsp3) is 0.375. The first-order valence-corrected chi connectivity index (χ1v) is 5.23. The second-order valence-electron chi connectivity index (χ2n) is 3.15. The van der Waals surface area contributed by atoms with Crippen molar-refractivity contribution in [2.75, 3.05) is 0 Å². The molecule has 0 aliphatic heterocycles. The fourth-order valence-electron chi connectivity index (χ4n) is 1.04. The highest BCUT2D eigenvalue weighted by Gasteiger charge is 2.25. The summed E-state index contributed by atoms with van der Waals surface area (Å²) in [5.74, 6) is -3.40. The van der Waals surface area contributed by atoms with Gasteiger partial charge in [-0.15, -0.1) is 5.10 Å². The predicted octanol–water partition coefficient (Wildman–Crippen LogP) is -0.496. The van der Waals surface area contributed by atoms with Crippen molar-refractivity contribution in [3.63, 3.8) is 0 Å². The number of amides is 1. The maximum Gasteiger partial charge on any atom is 0.326 e. The van der Waals surface area contributed by atoms with Gasteiger partial charge >= 0.3 is 11.9 Å². The van der Waals surface area contributed by atoms with Gasteiger partial charge in [-0.25, -0.2) is 4.79 Å². The Labute approximate surface area is 99.4 Å². The fourth-order valence-corrected chi connectivity index (χ4v) is 1.60. The van der Waals surface area contributed by atoms with Crippen molar-refractivity contribution in [3.8, 4) is 0 Å². The topological polar surface area (TPSA) is 129 Å². The Morgan fingerprint density at radius 2 is 2.06 bits per heavy atom. The van der Waals surface area contributed by atoms with E-state index in [0.717, 1.165) is 11.5 Å². The van der Waals surface area contributed by atoms with E-state index in [1.807, 2.05) is 0 Å². The largest absolute Gasteiger partial charge is 0.481 e. The summed E-state index contributed by atoms with van der Waals surface area (Å²) in [6.07, 6.45) is -0.688. The Kier molecular flexibility index (Phi) is 4.10. The molecule has 1 unspecified atom stereocenters. The summed E-state index contributed by atoms with van der Waals surface area (Å²) in [5, 5.41) is 22.9. The van der Waals surface area contributed by atoms with Crippen molar-refractivity contribution in [1.82, 2.24) is 14.9 Å². The van der Waals surface area contributed by atoms with E-state index in [4.69, 9.17) is 10.2 Å². The molecule has 1 atom stereocenters. The second-order valence-corrected chi connectivity index (χ2v) is 3.90. The minimum absolute atomic E-state index is 0.168. The molecular weight excluding hydrogens is 250 g/mol. The third-order valence-corrected chi connectivity index (χ3v) is 2.67. The highest BCUT2D eigenvalue weighted by molar-refractivity contribution is 7.08. The van der Waals surface area contributed by atoms with Gasteiger partial charge in [0.15, 0.2) is 0 Å². The van der Waals surface area contributed by atoms with Crippen LogP contribution in [-0.2, 0) is 9.59 Å². The molecule has 0 aromatic carbocycles. The lowest BCUT2D eigenvalue weighted by molar-refractivity contribution is -0.145. The van der Waals surface area contributed by atoms with E-state index in [9.17, 15) is 14.4 Å². The predicted molar refractivity (Wildman–Crippen MR) is 55.8 cm³/mol. The van der Waals surface area contributed by atoms with Crippen LogP contribution in [-0.4, -0.2) is 43.7 Å². The lowest BCUT2D eigenvalue weighted by Gasteiger charge is -2.11. The highest BCUT2D eigenvalue weighted by atomic mass is 32.1. The van der Waals surface area contributed by atoms with E-state index in [0.29, 0.717) is 5.69 Å². The van der Waals surface area contributed by atoms with Crippen LogP contribution < -0.4 is 5.32 Å². The SMILES string of the molecule is Cc1nnsc1C(=O)NC(CC(=O)O)C(=O)O. The minimum atomic E-state index is -1.47. The summed E-state index contributed by atoms with van der Waals surface area (Å²) in [5.41, 5.74) is 0.368.